The summed E-state index contributed by atoms with van der Waals surface area (Å²) in [6.45, 7) is 4.39. The lowest BCUT2D eigenvalue weighted by molar-refractivity contribution is 0.313. The van der Waals surface area contributed by atoms with Crippen LogP contribution in [0, 0.1) is 3.57 Å². The molecule has 2 aromatic carbocycles. The van der Waals surface area contributed by atoms with E-state index in [1.165, 1.54) is 9.26 Å². The zero-order valence-corrected chi connectivity index (χ0v) is 20.1. The highest BCUT2D eigenvalue weighted by Gasteiger charge is 2.13. The van der Waals surface area contributed by atoms with Crippen molar-refractivity contribution < 1.29 is 0 Å². The van der Waals surface area contributed by atoms with Gasteiger partial charge in [0.25, 0.3) is 0 Å². The van der Waals surface area contributed by atoms with Crippen molar-refractivity contribution in [2.75, 3.05) is 43.6 Å². The van der Waals surface area contributed by atoms with Gasteiger partial charge in [-0.2, -0.15) is 5.10 Å². The Morgan fingerprint density at radius 2 is 1.66 bits per heavy atom. The Morgan fingerprint density at radius 3 is 2.41 bits per heavy atom. The van der Waals surface area contributed by atoms with Crippen LogP contribution in [0.1, 0.15) is 5.56 Å². The number of hydrogen-bond acceptors (Lipinski definition) is 5. The van der Waals surface area contributed by atoms with Gasteiger partial charge in [0.05, 0.1) is 17.6 Å². The number of imidazole rings is 1. The molecule has 0 aliphatic carbocycles. The number of pyridine rings is 1. The van der Waals surface area contributed by atoms with Gasteiger partial charge in [-0.3, -0.25) is 5.43 Å². The summed E-state index contributed by atoms with van der Waals surface area (Å²) in [4.78, 5) is 9.51. The molecule has 0 atom stereocenters. The van der Waals surface area contributed by atoms with E-state index in [-0.39, 0.29) is 0 Å². The molecule has 0 radical (unpaired) electrons. The normalized spacial score (nSPS) is 15.0. The summed E-state index contributed by atoms with van der Waals surface area (Å²) in [5, 5.41) is 4.39. The maximum atomic E-state index is 4.70. The summed E-state index contributed by atoms with van der Waals surface area (Å²) < 4.78 is 3.24. The van der Waals surface area contributed by atoms with Gasteiger partial charge >= 0.3 is 0 Å². The first-order chi connectivity index (χ1) is 15.6. The van der Waals surface area contributed by atoms with Crippen molar-refractivity contribution in [3.05, 3.63) is 82.2 Å². The van der Waals surface area contributed by atoms with E-state index in [1.807, 2.05) is 24.4 Å². The van der Waals surface area contributed by atoms with Crippen molar-refractivity contribution in [3.63, 3.8) is 0 Å². The van der Waals surface area contributed by atoms with Gasteiger partial charge in [-0.15, -0.1) is 0 Å². The van der Waals surface area contributed by atoms with Crippen LogP contribution in [-0.2, 0) is 0 Å². The average Bonchev–Trinajstić information content (AvgIpc) is 3.24. The van der Waals surface area contributed by atoms with E-state index in [1.54, 1.807) is 0 Å². The van der Waals surface area contributed by atoms with Crippen molar-refractivity contribution in [1.82, 2.24) is 14.3 Å². The van der Waals surface area contributed by atoms with Crippen LogP contribution >= 0.6 is 22.6 Å². The molecule has 0 saturated carbocycles. The molecule has 0 spiro atoms. The van der Waals surface area contributed by atoms with E-state index in [4.69, 9.17) is 4.98 Å². The number of hydrazone groups is 1. The molecule has 7 heteroatoms. The number of fused-ring (bicyclic) bond motifs is 1. The van der Waals surface area contributed by atoms with Crippen molar-refractivity contribution in [3.8, 4) is 11.3 Å². The number of nitrogens with one attached hydrogen (secondary N) is 1. The van der Waals surface area contributed by atoms with Crippen LogP contribution in [0.25, 0.3) is 16.9 Å². The molecular formula is C25H25IN6. The molecule has 1 fully saturated rings. The minimum Gasteiger partial charge on any atom is -0.369 e. The minimum absolute atomic E-state index is 0.942. The van der Waals surface area contributed by atoms with Crippen molar-refractivity contribution in [2.45, 2.75) is 0 Å². The third-order valence-electron chi connectivity index (χ3n) is 5.76. The van der Waals surface area contributed by atoms with E-state index in [0.717, 1.165) is 54.3 Å². The fourth-order valence-corrected chi connectivity index (χ4v) is 4.32. The Hall–Kier alpha value is -2.91. The number of nitrogens with zero attached hydrogens (tertiary/aromatic N) is 5. The smallest absolute Gasteiger partial charge is 0.137 e. The Labute approximate surface area is 201 Å². The topological polar surface area (TPSA) is 48.2 Å². The number of aromatic nitrogens is 2. The number of halogens is 1. The molecule has 32 heavy (non-hydrogen) atoms. The summed E-state index contributed by atoms with van der Waals surface area (Å²) in [5.74, 6) is 0. The summed E-state index contributed by atoms with van der Waals surface area (Å²) in [6.07, 6.45) is 5.99. The maximum absolute atomic E-state index is 4.70. The lowest BCUT2D eigenvalue weighted by Gasteiger charge is -2.34. The van der Waals surface area contributed by atoms with Gasteiger partial charge in [-0.1, -0.05) is 24.3 Å². The van der Waals surface area contributed by atoms with Gasteiger partial charge in [0, 0.05) is 53.4 Å². The van der Waals surface area contributed by atoms with Gasteiger partial charge in [-0.05, 0) is 71.6 Å². The second-order valence-corrected chi connectivity index (χ2v) is 9.31. The zero-order chi connectivity index (χ0) is 21.9. The van der Waals surface area contributed by atoms with E-state index in [0.29, 0.717) is 0 Å². The number of anilines is 2. The third-order valence-corrected chi connectivity index (χ3v) is 6.40. The Balaban J connectivity index is 1.20. The lowest BCUT2D eigenvalue weighted by atomic mass is 10.1. The largest absolute Gasteiger partial charge is 0.369 e. The Kier molecular flexibility index (Phi) is 6.09. The van der Waals surface area contributed by atoms with Crippen LogP contribution < -0.4 is 10.3 Å². The Bertz CT molecular complexity index is 1220. The van der Waals surface area contributed by atoms with Crippen LogP contribution in [0.4, 0.5) is 11.4 Å². The van der Waals surface area contributed by atoms with Gasteiger partial charge < -0.3 is 14.2 Å². The SMILES string of the molecule is CN1CCN(c2ccc(/C=N/Nc3ccc(-c4cn5cc(I)ccc5n4)cc3)cc2)CC1. The standard InChI is InChI=1S/C25H25IN6/c1-30-12-14-31(15-13-30)23-9-2-19(3-10-23)16-27-29-22-7-4-20(5-8-22)24-18-32-17-21(26)6-11-25(32)28-24/h2-11,16-18,29H,12-15H2,1H3/b27-16+. The Morgan fingerprint density at radius 1 is 0.906 bits per heavy atom. The molecule has 3 heterocycles. The summed E-state index contributed by atoms with van der Waals surface area (Å²) in [6, 6.07) is 20.9. The number of rotatable bonds is 5. The molecular weight excluding hydrogens is 511 g/mol. The van der Waals surface area contributed by atoms with Crippen molar-refractivity contribution in [2.24, 2.45) is 5.10 Å². The fourth-order valence-electron chi connectivity index (χ4n) is 3.84. The second-order valence-electron chi connectivity index (χ2n) is 8.07. The predicted molar refractivity (Wildman–Crippen MR) is 141 cm³/mol. The van der Waals surface area contributed by atoms with Gasteiger partial charge in [0.1, 0.15) is 5.65 Å². The van der Waals surface area contributed by atoms with E-state index < -0.39 is 0 Å². The van der Waals surface area contributed by atoms with E-state index >= 15 is 0 Å². The molecule has 0 bridgehead atoms. The lowest BCUT2D eigenvalue weighted by Crippen LogP contribution is -2.44. The first kappa shape index (κ1) is 21.0. The highest BCUT2D eigenvalue weighted by Crippen LogP contribution is 2.22. The number of benzene rings is 2. The van der Waals surface area contributed by atoms with Gasteiger partial charge in [0.2, 0.25) is 0 Å². The van der Waals surface area contributed by atoms with Crippen LogP contribution in [-0.4, -0.2) is 53.7 Å². The average molecular weight is 536 g/mol. The molecule has 5 rings (SSSR count). The van der Waals surface area contributed by atoms with Gasteiger partial charge in [0.15, 0.2) is 0 Å². The monoisotopic (exact) mass is 536 g/mol. The molecule has 4 aromatic rings. The highest BCUT2D eigenvalue weighted by molar-refractivity contribution is 14.1. The zero-order valence-electron chi connectivity index (χ0n) is 17.9. The van der Waals surface area contributed by atoms with Crippen molar-refractivity contribution in [1.29, 1.82) is 0 Å². The first-order valence-electron chi connectivity index (χ1n) is 10.7. The van der Waals surface area contributed by atoms with E-state index in [9.17, 15) is 0 Å². The maximum Gasteiger partial charge on any atom is 0.137 e. The summed E-state index contributed by atoms with van der Waals surface area (Å²) in [5.41, 5.74) is 9.40. The molecule has 0 unspecified atom stereocenters. The number of likely N-dealkylation sites (N-methyl/N-ethyl adjacent to an activating group) is 1. The number of piperazine rings is 1. The van der Waals surface area contributed by atoms with Crippen LogP contribution in [0.3, 0.4) is 0 Å². The fraction of sp³-hybridized carbons (Fsp3) is 0.200. The van der Waals surface area contributed by atoms with Gasteiger partial charge in [-0.25, -0.2) is 4.98 Å². The quantitative estimate of drug-likeness (QED) is 0.226. The first-order valence-corrected chi connectivity index (χ1v) is 11.8. The molecule has 162 valence electrons. The second kappa shape index (κ2) is 9.30. The molecule has 1 aliphatic rings. The van der Waals surface area contributed by atoms with Crippen LogP contribution in [0.2, 0.25) is 0 Å². The molecule has 2 aromatic heterocycles. The third kappa shape index (κ3) is 4.78. The van der Waals surface area contributed by atoms with Crippen molar-refractivity contribution >= 4 is 45.8 Å². The summed E-state index contributed by atoms with van der Waals surface area (Å²) in [7, 11) is 2.18. The number of hydrogen-bond donors (Lipinski definition) is 1. The molecule has 6 nitrogen and oxygen atoms in total. The van der Waals surface area contributed by atoms with Crippen LogP contribution in [0.5, 0.6) is 0 Å². The molecule has 1 N–H and O–H groups in total. The summed E-state index contributed by atoms with van der Waals surface area (Å²) >= 11 is 2.31. The molecule has 0 amide bonds. The predicted octanol–water partition coefficient (Wildman–Crippen LogP) is 4.80. The molecule has 1 aliphatic heterocycles. The highest BCUT2D eigenvalue weighted by atomic mass is 127. The molecule has 1 saturated heterocycles. The minimum atomic E-state index is 0.942. The van der Waals surface area contributed by atoms with E-state index in [2.05, 4.69) is 109 Å². The van der Waals surface area contributed by atoms with Crippen LogP contribution in [0.15, 0.2) is 78.2 Å².